The molecule has 0 atom stereocenters. The van der Waals surface area contributed by atoms with Crippen LogP contribution in [0.2, 0.25) is 0 Å². The van der Waals surface area contributed by atoms with Gasteiger partial charge in [-0.2, -0.15) is 0 Å². The Bertz CT molecular complexity index is 1110. The molecule has 0 spiro atoms. The summed E-state index contributed by atoms with van der Waals surface area (Å²) in [5.74, 6) is 0.917. The predicted molar refractivity (Wildman–Crippen MR) is 125 cm³/mol. The molecular weight excluding hydrogens is 446 g/mol. The van der Waals surface area contributed by atoms with Gasteiger partial charge in [0.15, 0.2) is 11.0 Å². The van der Waals surface area contributed by atoms with Crippen LogP contribution >= 0.6 is 23.1 Å². The molecule has 1 aliphatic carbocycles. The second kappa shape index (κ2) is 10.2. The fraction of sp³-hybridized carbons (Fsp3) is 0.364. The zero-order chi connectivity index (χ0) is 22.5. The number of primary amides is 1. The summed E-state index contributed by atoms with van der Waals surface area (Å²) in [4.78, 5) is 25.8. The van der Waals surface area contributed by atoms with Gasteiger partial charge in [0.25, 0.3) is 5.91 Å². The number of carbonyl (C=O) groups excluding carboxylic acids is 2. The highest BCUT2D eigenvalue weighted by atomic mass is 32.2. The van der Waals surface area contributed by atoms with E-state index in [0.29, 0.717) is 34.7 Å². The lowest BCUT2D eigenvalue weighted by Crippen LogP contribution is -2.19. The van der Waals surface area contributed by atoms with Crippen LogP contribution in [0.25, 0.3) is 0 Å². The van der Waals surface area contributed by atoms with Gasteiger partial charge < -0.3 is 20.4 Å². The molecule has 10 heteroatoms. The molecule has 8 nitrogen and oxygen atoms in total. The van der Waals surface area contributed by atoms with Crippen LogP contribution in [0.1, 0.15) is 46.4 Å². The van der Waals surface area contributed by atoms with Crippen molar-refractivity contribution in [3.63, 3.8) is 0 Å². The fourth-order valence-electron chi connectivity index (χ4n) is 3.72. The Morgan fingerprint density at radius 1 is 1.22 bits per heavy atom. The average Bonchev–Trinajstić information content (AvgIpc) is 3.37. The first-order chi connectivity index (χ1) is 15.6. The minimum absolute atomic E-state index is 0.151. The maximum Gasteiger partial charge on any atom is 0.251 e. The van der Waals surface area contributed by atoms with E-state index in [-0.39, 0.29) is 11.7 Å². The number of nitrogens with one attached hydrogen (secondary N) is 1. The number of aryl methyl sites for hydroxylation is 1. The number of ether oxygens (including phenoxy) is 1. The van der Waals surface area contributed by atoms with Crippen LogP contribution in [0.4, 0.5) is 5.00 Å². The molecule has 2 amide bonds. The van der Waals surface area contributed by atoms with E-state index in [2.05, 4.69) is 15.5 Å². The summed E-state index contributed by atoms with van der Waals surface area (Å²) in [5, 5.41) is 12.5. The second-order valence-corrected chi connectivity index (χ2v) is 9.41. The number of amides is 2. The van der Waals surface area contributed by atoms with Gasteiger partial charge in [-0.25, -0.2) is 0 Å². The number of thioether (sulfide) groups is 1. The average molecular weight is 472 g/mol. The van der Waals surface area contributed by atoms with E-state index in [1.165, 1.54) is 23.1 Å². The molecule has 0 unspecified atom stereocenters. The molecule has 0 saturated carbocycles. The number of thiophene rings is 1. The Morgan fingerprint density at radius 3 is 2.75 bits per heavy atom. The van der Waals surface area contributed by atoms with E-state index in [1.54, 1.807) is 0 Å². The number of carbonyl (C=O) groups is 2. The van der Waals surface area contributed by atoms with Gasteiger partial charge in [-0.05, 0) is 50.3 Å². The van der Waals surface area contributed by atoms with Crippen LogP contribution in [-0.4, -0.2) is 32.3 Å². The van der Waals surface area contributed by atoms with Gasteiger partial charge in [0.1, 0.15) is 17.4 Å². The SMILES string of the molecule is CCn1c(COc2ccccc2)nnc1SCC(=O)Nc1sc2c(c1C(N)=O)CCCC2. The number of para-hydroxylation sites is 1. The molecule has 1 aliphatic rings. The maximum atomic E-state index is 12.6. The molecule has 3 aromatic rings. The van der Waals surface area contributed by atoms with Gasteiger partial charge in [0.2, 0.25) is 5.91 Å². The van der Waals surface area contributed by atoms with Crippen LogP contribution in [0.15, 0.2) is 35.5 Å². The minimum Gasteiger partial charge on any atom is -0.486 e. The van der Waals surface area contributed by atoms with Crippen molar-refractivity contribution in [3.8, 4) is 5.75 Å². The monoisotopic (exact) mass is 471 g/mol. The van der Waals surface area contributed by atoms with Crippen molar-refractivity contribution < 1.29 is 14.3 Å². The molecule has 1 aromatic carbocycles. The van der Waals surface area contributed by atoms with E-state index in [4.69, 9.17) is 10.5 Å². The smallest absolute Gasteiger partial charge is 0.251 e. The van der Waals surface area contributed by atoms with Gasteiger partial charge in [-0.3, -0.25) is 9.59 Å². The number of hydrogen-bond acceptors (Lipinski definition) is 7. The summed E-state index contributed by atoms with van der Waals surface area (Å²) >= 11 is 2.77. The normalized spacial score (nSPS) is 12.9. The Hall–Kier alpha value is -2.85. The third kappa shape index (κ3) is 4.97. The number of anilines is 1. The number of hydrogen-bond donors (Lipinski definition) is 2. The predicted octanol–water partition coefficient (Wildman–Crippen LogP) is 3.65. The Balaban J connectivity index is 1.39. The highest BCUT2D eigenvalue weighted by molar-refractivity contribution is 7.99. The minimum atomic E-state index is -0.485. The number of aromatic nitrogens is 3. The van der Waals surface area contributed by atoms with E-state index in [0.717, 1.165) is 41.9 Å². The lowest BCUT2D eigenvalue weighted by molar-refractivity contribution is -0.113. The molecular formula is C22H25N5O3S2. The van der Waals surface area contributed by atoms with Crippen molar-refractivity contribution in [2.24, 2.45) is 5.73 Å². The van der Waals surface area contributed by atoms with E-state index in [1.807, 2.05) is 41.8 Å². The van der Waals surface area contributed by atoms with E-state index < -0.39 is 5.91 Å². The number of benzene rings is 1. The number of fused-ring (bicyclic) bond motifs is 1. The zero-order valence-corrected chi connectivity index (χ0v) is 19.4. The highest BCUT2D eigenvalue weighted by Crippen LogP contribution is 2.38. The second-order valence-electron chi connectivity index (χ2n) is 7.36. The maximum absolute atomic E-state index is 12.6. The van der Waals surface area contributed by atoms with Crippen LogP contribution in [-0.2, 0) is 30.8 Å². The summed E-state index contributed by atoms with van der Waals surface area (Å²) in [6.45, 7) is 2.95. The number of nitrogens with zero attached hydrogens (tertiary/aromatic N) is 3. The molecule has 168 valence electrons. The lowest BCUT2D eigenvalue weighted by atomic mass is 9.95. The summed E-state index contributed by atoms with van der Waals surface area (Å²) < 4.78 is 7.70. The molecule has 0 aliphatic heterocycles. The third-order valence-corrected chi connectivity index (χ3v) is 7.40. The standard InChI is InChI=1S/C22H25N5O3S2/c1-2-27-17(12-30-14-8-4-3-5-9-14)25-26-22(27)31-13-18(28)24-21-19(20(23)29)15-10-6-7-11-16(15)32-21/h3-5,8-9H,2,6-7,10-13H2,1H3,(H2,23,29)(H,24,28). The zero-order valence-electron chi connectivity index (χ0n) is 17.8. The van der Waals surface area contributed by atoms with Crippen LogP contribution in [0.5, 0.6) is 5.75 Å². The van der Waals surface area contributed by atoms with Crippen molar-refractivity contribution in [3.05, 3.63) is 52.2 Å². The summed E-state index contributed by atoms with van der Waals surface area (Å²) in [6, 6.07) is 9.52. The van der Waals surface area contributed by atoms with Gasteiger partial charge in [-0.15, -0.1) is 21.5 Å². The molecule has 2 aromatic heterocycles. The third-order valence-electron chi connectivity index (χ3n) is 5.22. The molecule has 32 heavy (non-hydrogen) atoms. The topological polar surface area (TPSA) is 112 Å². The van der Waals surface area contributed by atoms with Crippen molar-refractivity contribution >= 4 is 39.9 Å². The van der Waals surface area contributed by atoms with Gasteiger partial charge in [0.05, 0.1) is 11.3 Å². The van der Waals surface area contributed by atoms with Crippen LogP contribution in [0, 0.1) is 0 Å². The molecule has 0 bridgehead atoms. The molecule has 4 rings (SSSR count). The van der Waals surface area contributed by atoms with Crippen LogP contribution in [0.3, 0.4) is 0 Å². The first-order valence-corrected chi connectivity index (χ1v) is 12.3. The van der Waals surface area contributed by atoms with Gasteiger partial charge in [-0.1, -0.05) is 30.0 Å². The Kier molecular flexibility index (Phi) is 7.11. The Labute approximate surface area is 194 Å². The number of nitrogens with two attached hydrogens (primary N) is 1. The first kappa shape index (κ1) is 22.3. The van der Waals surface area contributed by atoms with Crippen molar-refractivity contribution in [1.29, 1.82) is 0 Å². The molecule has 0 saturated heterocycles. The molecule has 3 N–H and O–H groups in total. The Morgan fingerprint density at radius 2 is 2.00 bits per heavy atom. The quantitative estimate of drug-likeness (QED) is 0.461. The van der Waals surface area contributed by atoms with Gasteiger partial charge >= 0.3 is 0 Å². The molecule has 0 radical (unpaired) electrons. The largest absolute Gasteiger partial charge is 0.486 e. The summed E-state index contributed by atoms with van der Waals surface area (Å²) in [6.07, 6.45) is 3.90. The summed E-state index contributed by atoms with van der Waals surface area (Å²) in [7, 11) is 0. The number of rotatable bonds is 9. The molecule has 0 fully saturated rings. The van der Waals surface area contributed by atoms with Crippen molar-refractivity contribution in [1.82, 2.24) is 14.8 Å². The van der Waals surface area contributed by atoms with Gasteiger partial charge in [0, 0.05) is 11.4 Å². The summed E-state index contributed by atoms with van der Waals surface area (Å²) in [5.41, 5.74) is 7.09. The van der Waals surface area contributed by atoms with E-state index >= 15 is 0 Å². The molecule has 2 heterocycles. The van der Waals surface area contributed by atoms with Crippen molar-refractivity contribution in [2.75, 3.05) is 11.1 Å². The van der Waals surface area contributed by atoms with Crippen molar-refractivity contribution in [2.45, 2.75) is 50.9 Å². The fourth-order valence-corrected chi connectivity index (χ4v) is 5.85. The lowest BCUT2D eigenvalue weighted by Gasteiger charge is -2.11. The first-order valence-electron chi connectivity index (χ1n) is 10.5. The van der Waals surface area contributed by atoms with E-state index in [9.17, 15) is 9.59 Å². The van der Waals surface area contributed by atoms with Crippen LogP contribution < -0.4 is 15.8 Å². The highest BCUT2D eigenvalue weighted by Gasteiger charge is 2.25.